The van der Waals surface area contributed by atoms with Crippen LogP contribution in [0.5, 0.6) is 0 Å². The Kier molecular flexibility index (Phi) is 6.32. The lowest BCUT2D eigenvalue weighted by molar-refractivity contribution is -0.138. The van der Waals surface area contributed by atoms with E-state index in [1.54, 1.807) is 0 Å². The van der Waals surface area contributed by atoms with Gasteiger partial charge in [-0.15, -0.1) is 0 Å². The summed E-state index contributed by atoms with van der Waals surface area (Å²) in [7, 11) is 0. The SMILES string of the molecule is CC(C)C(CC(=O)O)NC(=O)CC(N)C(C)(C)C. The molecule has 0 saturated heterocycles. The van der Waals surface area contributed by atoms with E-state index in [-0.39, 0.29) is 42.2 Å². The Balaban J connectivity index is 4.39. The van der Waals surface area contributed by atoms with Crippen molar-refractivity contribution in [2.24, 2.45) is 17.1 Å². The van der Waals surface area contributed by atoms with Crippen LogP contribution >= 0.6 is 0 Å². The topological polar surface area (TPSA) is 92.4 Å². The van der Waals surface area contributed by atoms with E-state index in [1.807, 2.05) is 34.6 Å². The molecule has 0 heterocycles. The molecule has 0 aromatic heterocycles. The summed E-state index contributed by atoms with van der Waals surface area (Å²) < 4.78 is 0. The minimum atomic E-state index is -0.908. The largest absolute Gasteiger partial charge is 0.481 e. The van der Waals surface area contributed by atoms with Crippen LogP contribution in [0.2, 0.25) is 0 Å². The van der Waals surface area contributed by atoms with Gasteiger partial charge in [-0.3, -0.25) is 9.59 Å². The third-order valence-corrected chi connectivity index (χ3v) is 3.06. The third-order valence-electron chi connectivity index (χ3n) is 3.06. The first-order valence-corrected chi connectivity index (χ1v) is 6.30. The van der Waals surface area contributed by atoms with E-state index in [4.69, 9.17) is 10.8 Å². The first-order valence-electron chi connectivity index (χ1n) is 6.30. The van der Waals surface area contributed by atoms with Crippen molar-refractivity contribution in [2.45, 2.75) is 59.5 Å². The van der Waals surface area contributed by atoms with Crippen LogP contribution in [-0.2, 0) is 9.59 Å². The predicted octanol–water partition coefficient (Wildman–Crippen LogP) is 1.37. The van der Waals surface area contributed by atoms with Gasteiger partial charge in [0.1, 0.15) is 0 Å². The van der Waals surface area contributed by atoms with Crippen molar-refractivity contribution in [1.29, 1.82) is 0 Å². The molecule has 0 aromatic carbocycles. The van der Waals surface area contributed by atoms with Crippen LogP contribution in [-0.4, -0.2) is 29.1 Å². The third kappa shape index (κ3) is 6.59. The Bertz CT molecular complexity index is 295. The van der Waals surface area contributed by atoms with E-state index in [0.717, 1.165) is 0 Å². The highest BCUT2D eigenvalue weighted by atomic mass is 16.4. The van der Waals surface area contributed by atoms with E-state index >= 15 is 0 Å². The summed E-state index contributed by atoms with van der Waals surface area (Å²) in [6, 6.07) is -0.586. The number of nitrogens with two attached hydrogens (primary N) is 1. The smallest absolute Gasteiger partial charge is 0.305 e. The van der Waals surface area contributed by atoms with Gasteiger partial charge in [-0.25, -0.2) is 0 Å². The fraction of sp³-hybridized carbons (Fsp3) is 0.846. The molecule has 0 aliphatic rings. The van der Waals surface area contributed by atoms with Crippen LogP contribution in [0.3, 0.4) is 0 Å². The second kappa shape index (κ2) is 6.73. The van der Waals surface area contributed by atoms with Gasteiger partial charge in [0.2, 0.25) is 5.91 Å². The summed E-state index contributed by atoms with van der Waals surface area (Å²) in [5, 5.41) is 11.5. The molecule has 0 bridgehead atoms. The predicted molar refractivity (Wildman–Crippen MR) is 71.1 cm³/mol. The summed E-state index contributed by atoms with van der Waals surface area (Å²) >= 11 is 0. The van der Waals surface area contributed by atoms with Gasteiger partial charge in [0.05, 0.1) is 6.42 Å². The molecule has 4 N–H and O–H groups in total. The van der Waals surface area contributed by atoms with Crippen LogP contribution in [0.4, 0.5) is 0 Å². The average molecular weight is 258 g/mol. The number of carboxylic acids is 1. The van der Waals surface area contributed by atoms with Crippen LogP contribution < -0.4 is 11.1 Å². The number of rotatable bonds is 6. The number of carbonyl (C=O) groups excluding carboxylic acids is 1. The van der Waals surface area contributed by atoms with Gasteiger partial charge >= 0.3 is 5.97 Å². The molecule has 106 valence electrons. The van der Waals surface area contributed by atoms with Crippen molar-refractivity contribution < 1.29 is 14.7 Å². The van der Waals surface area contributed by atoms with E-state index in [1.165, 1.54) is 0 Å². The molecule has 2 unspecified atom stereocenters. The molecule has 1 amide bonds. The maximum absolute atomic E-state index is 11.8. The Morgan fingerprint density at radius 1 is 1.22 bits per heavy atom. The Morgan fingerprint density at radius 3 is 2.06 bits per heavy atom. The number of amides is 1. The second-order valence-corrected chi connectivity index (χ2v) is 6.19. The van der Waals surface area contributed by atoms with Crippen molar-refractivity contribution in [2.75, 3.05) is 0 Å². The van der Waals surface area contributed by atoms with Gasteiger partial charge in [-0.05, 0) is 11.3 Å². The van der Waals surface area contributed by atoms with Crippen LogP contribution in [0.1, 0.15) is 47.5 Å². The Labute approximate surface area is 109 Å². The van der Waals surface area contributed by atoms with Crippen molar-refractivity contribution in [3.05, 3.63) is 0 Å². The maximum Gasteiger partial charge on any atom is 0.305 e. The normalized spacial score (nSPS) is 15.3. The fourth-order valence-corrected chi connectivity index (χ4v) is 1.41. The summed E-state index contributed by atoms with van der Waals surface area (Å²) in [6.45, 7) is 9.70. The monoisotopic (exact) mass is 258 g/mol. The summed E-state index contributed by atoms with van der Waals surface area (Å²) in [6.07, 6.45) is 0.153. The van der Waals surface area contributed by atoms with Crippen LogP contribution in [0.15, 0.2) is 0 Å². The number of carboxylic acid groups (broad SMARTS) is 1. The average Bonchev–Trinajstić information content (AvgIpc) is 2.13. The number of hydrogen-bond acceptors (Lipinski definition) is 3. The zero-order valence-electron chi connectivity index (χ0n) is 12.0. The first kappa shape index (κ1) is 16.9. The molecule has 0 fully saturated rings. The van der Waals surface area contributed by atoms with Crippen LogP contribution in [0.25, 0.3) is 0 Å². The lowest BCUT2D eigenvalue weighted by Gasteiger charge is -2.28. The molecule has 5 heteroatoms. The first-order chi connectivity index (χ1) is 8.04. The molecular formula is C13H26N2O3. The molecule has 0 saturated carbocycles. The maximum atomic E-state index is 11.8. The van der Waals surface area contributed by atoms with Crippen molar-refractivity contribution >= 4 is 11.9 Å². The molecule has 0 aromatic rings. The quantitative estimate of drug-likeness (QED) is 0.671. The molecule has 5 nitrogen and oxygen atoms in total. The summed E-state index contributed by atoms with van der Waals surface area (Å²) in [4.78, 5) is 22.5. The summed E-state index contributed by atoms with van der Waals surface area (Å²) in [5.41, 5.74) is 5.79. The van der Waals surface area contributed by atoms with Crippen molar-refractivity contribution in [3.8, 4) is 0 Å². The number of hydrogen-bond donors (Lipinski definition) is 3. The van der Waals surface area contributed by atoms with E-state index in [2.05, 4.69) is 5.32 Å². The van der Waals surface area contributed by atoms with E-state index in [0.29, 0.717) is 0 Å². The second-order valence-electron chi connectivity index (χ2n) is 6.19. The molecule has 0 spiro atoms. The van der Waals surface area contributed by atoms with E-state index < -0.39 is 5.97 Å². The number of carbonyl (C=O) groups is 2. The van der Waals surface area contributed by atoms with Gasteiger partial charge in [-0.1, -0.05) is 34.6 Å². The van der Waals surface area contributed by atoms with Gasteiger partial charge in [0.25, 0.3) is 0 Å². The molecule has 0 rings (SSSR count). The van der Waals surface area contributed by atoms with E-state index in [9.17, 15) is 9.59 Å². The van der Waals surface area contributed by atoms with Crippen LogP contribution in [0, 0.1) is 11.3 Å². The summed E-state index contributed by atoms with van der Waals surface area (Å²) in [5.74, 6) is -1.01. The highest BCUT2D eigenvalue weighted by molar-refractivity contribution is 5.78. The Hall–Kier alpha value is -1.10. The highest BCUT2D eigenvalue weighted by Gasteiger charge is 2.25. The van der Waals surface area contributed by atoms with Crippen molar-refractivity contribution in [3.63, 3.8) is 0 Å². The number of aliphatic carboxylic acids is 1. The molecule has 0 aliphatic heterocycles. The number of nitrogens with one attached hydrogen (secondary N) is 1. The van der Waals surface area contributed by atoms with Crippen molar-refractivity contribution in [1.82, 2.24) is 5.32 Å². The molecule has 2 atom stereocenters. The van der Waals surface area contributed by atoms with Gasteiger partial charge in [0.15, 0.2) is 0 Å². The minimum Gasteiger partial charge on any atom is -0.481 e. The lowest BCUT2D eigenvalue weighted by Crippen LogP contribution is -2.45. The standard InChI is InChI=1S/C13H26N2O3/c1-8(2)9(6-12(17)18)15-11(16)7-10(14)13(3,4)5/h8-10H,6-7,14H2,1-5H3,(H,15,16)(H,17,18). The van der Waals surface area contributed by atoms with Gasteiger partial charge < -0.3 is 16.2 Å². The lowest BCUT2D eigenvalue weighted by atomic mass is 9.85. The van der Waals surface area contributed by atoms with Gasteiger partial charge in [0, 0.05) is 18.5 Å². The molecule has 18 heavy (non-hydrogen) atoms. The fourth-order valence-electron chi connectivity index (χ4n) is 1.41. The molecule has 0 aliphatic carbocycles. The zero-order valence-corrected chi connectivity index (χ0v) is 12.0. The van der Waals surface area contributed by atoms with Gasteiger partial charge in [-0.2, -0.15) is 0 Å². The Morgan fingerprint density at radius 2 is 1.72 bits per heavy atom. The highest BCUT2D eigenvalue weighted by Crippen LogP contribution is 2.19. The molecule has 0 radical (unpaired) electrons. The zero-order chi connectivity index (χ0) is 14.5. The minimum absolute atomic E-state index is 0.0613. The molecular weight excluding hydrogens is 232 g/mol.